The highest BCUT2D eigenvalue weighted by Gasteiger charge is 2.18. The van der Waals surface area contributed by atoms with Crippen molar-refractivity contribution < 1.29 is 0 Å². The molecule has 84 valence electrons. The van der Waals surface area contributed by atoms with Crippen LogP contribution in [0.15, 0.2) is 27.4 Å². The smallest absolute Gasteiger partial charge is 0.0342 e. The molecule has 3 rings (SSSR count). The normalized spacial score (nSPS) is 16.3. The third-order valence-electron chi connectivity index (χ3n) is 2.94. The van der Waals surface area contributed by atoms with Gasteiger partial charge in [0.2, 0.25) is 0 Å². The first-order valence-electron chi connectivity index (χ1n) is 5.32. The SMILES string of the molecule is Brc1ccsc1CN1CCc2sccc2C1. The zero-order chi connectivity index (χ0) is 11.0. The fourth-order valence-electron chi connectivity index (χ4n) is 2.08. The minimum atomic E-state index is 1.08. The maximum atomic E-state index is 3.60. The largest absolute Gasteiger partial charge is 0.294 e. The quantitative estimate of drug-likeness (QED) is 0.805. The van der Waals surface area contributed by atoms with Gasteiger partial charge in [-0.1, -0.05) is 0 Å². The molecule has 0 spiro atoms. The zero-order valence-electron chi connectivity index (χ0n) is 8.78. The molecule has 2 aromatic rings. The number of hydrogen-bond acceptors (Lipinski definition) is 3. The van der Waals surface area contributed by atoms with Gasteiger partial charge < -0.3 is 0 Å². The fraction of sp³-hybridized carbons (Fsp3) is 0.333. The average molecular weight is 314 g/mol. The first-order chi connectivity index (χ1) is 7.83. The van der Waals surface area contributed by atoms with Crippen molar-refractivity contribution in [2.45, 2.75) is 19.5 Å². The maximum absolute atomic E-state index is 3.60. The summed E-state index contributed by atoms with van der Waals surface area (Å²) in [7, 11) is 0. The molecular formula is C12H12BrNS2. The van der Waals surface area contributed by atoms with E-state index < -0.39 is 0 Å². The first kappa shape index (κ1) is 11.0. The van der Waals surface area contributed by atoms with Crippen LogP contribution in [0, 0.1) is 0 Å². The Kier molecular flexibility index (Phi) is 3.16. The summed E-state index contributed by atoms with van der Waals surface area (Å²) < 4.78 is 1.26. The van der Waals surface area contributed by atoms with Crippen molar-refractivity contribution in [2.75, 3.05) is 6.54 Å². The molecule has 1 nitrogen and oxygen atoms in total. The van der Waals surface area contributed by atoms with E-state index >= 15 is 0 Å². The molecule has 0 aliphatic carbocycles. The molecule has 2 aromatic heterocycles. The van der Waals surface area contributed by atoms with Gasteiger partial charge in [-0.05, 0) is 50.8 Å². The van der Waals surface area contributed by atoms with Gasteiger partial charge in [0.1, 0.15) is 0 Å². The summed E-state index contributed by atoms with van der Waals surface area (Å²) in [4.78, 5) is 5.56. The molecular weight excluding hydrogens is 302 g/mol. The molecule has 0 amide bonds. The summed E-state index contributed by atoms with van der Waals surface area (Å²) in [6.45, 7) is 3.38. The van der Waals surface area contributed by atoms with E-state index in [9.17, 15) is 0 Å². The van der Waals surface area contributed by atoms with E-state index in [0.29, 0.717) is 0 Å². The van der Waals surface area contributed by atoms with E-state index in [1.54, 1.807) is 4.88 Å². The van der Waals surface area contributed by atoms with Crippen molar-refractivity contribution in [1.82, 2.24) is 4.90 Å². The number of nitrogens with zero attached hydrogens (tertiary/aromatic N) is 1. The molecule has 1 aliphatic rings. The molecule has 1 aliphatic heterocycles. The summed E-state index contributed by atoms with van der Waals surface area (Å²) in [5.74, 6) is 0. The van der Waals surface area contributed by atoms with E-state index in [2.05, 4.69) is 43.7 Å². The third kappa shape index (κ3) is 2.12. The fourth-order valence-corrected chi connectivity index (χ4v) is 4.49. The van der Waals surface area contributed by atoms with Crippen molar-refractivity contribution in [1.29, 1.82) is 0 Å². The van der Waals surface area contributed by atoms with E-state index in [-0.39, 0.29) is 0 Å². The highest BCUT2D eigenvalue weighted by molar-refractivity contribution is 9.10. The van der Waals surface area contributed by atoms with Crippen LogP contribution < -0.4 is 0 Å². The monoisotopic (exact) mass is 313 g/mol. The Morgan fingerprint density at radius 3 is 2.94 bits per heavy atom. The summed E-state index contributed by atoms with van der Waals surface area (Å²) in [6.07, 6.45) is 1.22. The Hall–Kier alpha value is -0.160. The standard InChI is InChI=1S/C12H12BrNS2/c13-10-3-6-16-12(10)8-14-4-1-11-9(7-14)2-5-15-11/h2-3,5-6H,1,4,7-8H2. The number of halogens is 1. The predicted octanol–water partition coefficient (Wildman–Crippen LogP) is 4.13. The molecule has 0 saturated carbocycles. The molecule has 3 heterocycles. The zero-order valence-corrected chi connectivity index (χ0v) is 12.0. The molecule has 0 saturated heterocycles. The highest BCUT2D eigenvalue weighted by atomic mass is 79.9. The predicted molar refractivity (Wildman–Crippen MR) is 74.2 cm³/mol. The van der Waals surface area contributed by atoms with Crippen LogP contribution in [0.3, 0.4) is 0 Å². The van der Waals surface area contributed by atoms with E-state index in [1.807, 2.05) is 22.7 Å². The Morgan fingerprint density at radius 1 is 1.25 bits per heavy atom. The Labute approximate surface area is 112 Å². The summed E-state index contributed by atoms with van der Waals surface area (Å²) >= 11 is 7.35. The van der Waals surface area contributed by atoms with Gasteiger partial charge in [-0.25, -0.2) is 0 Å². The Bertz CT molecular complexity index is 489. The van der Waals surface area contributed by atoms with Gasteiger partial charge in [-0.15, -0.1) is 22.7 Å². The lowest BCUT2D eigenvalue weighted by atomic mass is 10.1. The molecule has 0 radical (unpaired) electrons. The number of hydrogen-bond donors (Lipinski definition) is 0. The van der Waals surface area contributed by atoms with Crippen LogP contribution in [0.25, 0.3) is 0 Å². The molecule has 0 atom stereocenters. The molecule has 0 bridgehead atoms. The second kappa shape index (κ2) is 4.61. The summed E-state index contributed by atoms with van der Waals surface area (Å²) in [5.41, 5.74) is 1.53. The minimum absolute atomic E-state index is 1.08. The van der Waals surface area contributed by atoms with E-state index in [4.69, 9.17) is 0 Å². The lowest BCUT2D eigenvalue weighted by Gasteiger charge is -2.26. The third-order valence-corrected chi connectivity index (χ3v) is 5.88. The van der Waals surface area contributed by atoms with Crippen LogP contribution in [-0.4, -0.2) is 11.4 Å². The van der Waals surface area contributed by atoms with Gasteiger partial charge in [0, 0.05) is 33.9 Å². The lowest BCUT2D eigenvalue weighted by Crippen LogP contribution is -2.28. The van der Waals surface area contributed by atoms with Gasteiger partial charge in [0.25, 0.3) is 0 Å². The number of rotatable bonds is 2. The van der Waals surface area contributed by atoms with Crippen LogP contribution in [0.2, 0.25) is 0 Å². The molecule has 0 fully saturated rings. The average Bonchev–Trinajstić information content (AvgIpc) is 2.88. The molecule has 0 unspecified atom stereocenters. The molecule has 4 heteroatoms. The van der Waals surface area contributed by atoms with Crippen LogP contribution in [-0.2, 0) is 19.5 Å². The van der Waals surface area contributed by atoms with Crippen molar-refractivity contribution in [3.63, 3.8) is 0 Å². The Morgan fingerprint density at radius 2 is 2.12 bits per heavy atom. The van der Waals surface area contributed by atoms with E-state index in [1.165, 1.54) is 27.9 Å². The van der Waals surface area contributed by atoms with Crippen LogP contribution in [0.1, 0.15) is 15.3 Å². The molecule has 16 heavy (non-hydrogen) atoms. The topological polar surface area (TPSA) is 3.24 Å². The highest BCUT2D eigenvalue weighted by Crippen LogP contribution is 2.28. The van der Waals surface area contributed by atoms with Crippen molar-refractivity contribution >= 4 is 38.6 Å². The van der Waals surface area contributed by atoms with Crippen LogP contribution in [0.4, 0.5) is 0 Å². The summed E-state index contributed by atoms with van der Waals surface area (Å²) in [6, 6.07) is 4.41. The van der Waals surface area contributed by atoms with Crippen molar-refractivity contribution in [2.24, 2.45) is 0 Å². The van der Waals surface area contributed by atoms with Crippen molar-refractivity contribution in [3.8, 4) is 0 Å². The molecule has 0 N–H and O–H groups in total. The van der Waals surface area contributed by atoms with Crippen molar-refractivity contribution in [3.05, 3.63) is 42.7 Å². The van der Waals surface area contributed by atoms with Crippen LogP contribution >= 0.6 is 38.6 Å². The van der Waals surface area contributed by atoms with Gasteiger partial charge in [0.15, 0.2) is 0 Å². The second-order valence-electron chi connectivity index (χ2n) is 4.02. The van der Waals surface area contributed by atoms with Gasteiger partial charge >= 0.3 is 0 Å². The van der Waals surface area contributed by atoms with Crippen LogP contribution in [0.5, 0.6) is 0 Å². The molecule has 0 aromatic carbocycles. The minimum Gasteiger partial charge on any atom is -0.294 e. The second-order valence-corrected chi connectivity index (χ2v) is 6.88. The first-order valence-corrected chi connectivity index (χ1v) is 7.87. The Balaban J connectivity index is 1.73. The van der Waals surface area contributed by atoms with Gasteiger partial charge in [0.05, 0.1) is 0 Å². The summed E-state index contributed by atoms with van der Waals surface area (Å²) in [5, 5.41) is 4.37. The van der Waals surface area contributed by atoms with Gasteiger partial charge in [-0.3, -0.25) is 4.90 Å². The van der Waals surface area contributed by atoms with E-state index in [0.717, 1.165) is 13.1 Å². The van der Waals surface area contributed by atoms with Gasteiger partial charge in [-0.2, -0.15) is 0 Å². The number of thiophene rings is 2. The number of fused-ring (bicyclic) bond motifs is 1. The maximum Gasteiger partial charge on any atom is 0.0342 e. The lowest BCUT2D eigenvalue weighted by molar-refractivity contribution is 0.249.